The normalized spacial score (nSPS) is 21.1. The molecule has 108 valence electrons. The van der Waals surface area contributed by atoms with Crippen LogP contribution in [0.1, 0.15) is 28.0 Å². The number of rotatable bonds is 1. The summed E-state index contributed by atoms with van der Waals surface area (Å²) in [4.78, 5) is 11.5. The molecule has 2 aliphatic rings. The van der Waals surface area contributed by atoms with Crippen LogP contribution in [-0.4, -0.2) is 51.7 Å². The maximum Gasteiger partial charge on any atom is 0.207 e. The van der Waals surface area contributed by atoms with Gasteiger partial charge in [-0.3, -0.25) is 0 Å². The molecule has 2 saturated heterocycles. The van der Waals surface area contributed by atoms with E-state index in [-0.39, 0.29) is 6.84 Å². The van der Waals surface area contributed by atoms with Crippen molar-refractivity contribution in [2.45, 2.75) is 26.2 Å². The van der Waals surface area contributed by atoms with Gasteiger partial charge in [-0.25, -0.2) is 9.97 Å². The third-order valence-corrected chi connectivity index (χ3v) is 4.00. The minimum atomic E-state index is -0.107. The first kappa shape index (κ1) is 12.0. The van der Waals surface area contributed by atoms with Gasteiger partial charge in [0.1, 0.15) is 5.82 Å². The minimum Gasteiger partial charge on any atom is -0.380 e. The lowest BCUT2D eigenvalue weighted by molar-refractivity contribution is -0.127. The third kappa shape index (κ3) is 1.62. The molecular formula is C13H20N6O. The molecule has 0 unspecified atom stereocenters. The molecule has 0 radical (unpaired) electrons. The molecule has 0 bridgehead atoms. The summed E-state index contributed by atoms with van der Waals surface area (Å²) in [5.74, 6) is 1.70. The predicted octanol–water partition coefficient (Wildman–Crippen LogP) is 1.13. The van der Waals surface area contributed by atoms with E-state index in [4.69, 9.17) is 9.72 Å². The Morgan fingerprint density at radius 3 is 2.55 bits per heavy atom. The van der Waals surface area contributed by atoms with E-state index < -0.39 is 0 Å². The van der Waals surface area contributed by atoms with Crippen molar-refractivity contribution in [3.63, 3.8) is 0 Å². The van der Waals surface area contributed by atoms with Crippen LogP contribution in [0.25, 0.3) is 11.2 Å². The Bertz CT molecular complexity index is 667. The van der Waals surface area contributed by atoms with Crippen LogP contribution in [-0.2, 0) is 10.2 Å². The van der Waals surface area contributed by atoms with E-state index in [0.29, 0.717) is 11.1 Å². The Labute approximate surface area is 118 Å². The fourth-order valence-corrected chi connectivity index (χ4v) is 2.77. The first-order chi connectivity index (χ1) is 9.47. The van der Waals surface area contributed by atoms with Gasteiger partial charge in [0.05, 0.1) is 18.6 Å². The zero-order chi connectivity index (χ0) is 14.0. The summed E-state index contributed by atoms with van der Waals surface area (Å²) in [5.41, 5.74) is 1.64. The van der Waals surface area contributed by atoms with Crippen LogP contribution in [0, 0.1) is 5.41 Å². The number of hydrogen-bond acceptors (Lipinski definition) is 6. The molecule has 20 heavy (non-hydrogen) atoms. The second-order valence-corrected chi connectivity index (χ2v) is 6.97. The first-order valence-electron chi connectivity index (χ1n) is 6.89. The van der Waals surface area contributed by atoms with Gasteiger partial charge >= 0.3 is 0 Å². The van der Waals surface area contributed by atoms with Crippen LogP contribution in [0.5, 0.6) is 0 Å². The lowest BCUT2D eigenvalue weighted by Gasteiger charge is -2.55. The highest BCUT2D eigenvalue weighted by atomic mass is 16.5. The molecule has 4 rings (SSSR count). The lowest BCUT2D eigenvalue weighted by Crippen LogP contribution is -2.66. The van der Waals surface area contributed by atoms with Crippen molar-refractivity contribution < 1.29 is 6.16 Å². The summed E-state index contributed by atoms with van der Waals surface area (Å²) >= 11 is 0. The molecular weight excluding hydrogens is 256 g/mol. The molecule has 2 aromatic rings. The zero-order valence-electron chi connectivity index (χ0n) is 12.0. The molecule has 2 aromatic heterocycles. The second-order valence-electron chi connectivity index (χ2n) is 6.97. The first-order valence-corrected chi connectivity index (χ1v) is 6.89. The Balaban J connectivity index is 0.00000132. The summed E-state index contributed by atoms with van der Waals surface area (Å²) in [7, 11) is 0. The molecule has 0 aromatic carbocycles. The molecule has 7 nitrogen and oxygen atoms in total. The summed E-state index contributed by atoms with van der Waals surface area (Å²) in [6.07, 6.45) is 0. The lowest BCUT2D eigenvalue weighted by atomic mass is 9.78. The van der Waals surface area contributed by atoms with Crippen molar-refractivity contribution in [3.8, 4) is 0 Å². The van der Waals surface area contributed by atoms with Crippen molar-refractivity contribution in [1.82, 2.24) is 25.4 Å². The largest absolute Gasteiger partial charge is 0.380 e. The van der Waals surface area contributed by atoms with Crippen LogP contribution < -0.4 is 4.90 Å². The van der Waals surface area contributed by atoms with E-state index in [2.05, 4.69) is 46.1 Å². The Morgan fingerprint density at radius 1 is 1.20 bits per heavy atom. The van der Waals surface area contributed by atoms with Crippen LogP contribution in [0.4, 0.5) is 5.82 Å². The third-order valence-electron chi connectivity index (χ3n) is 4.00. The van der Waals surface area contributed by atoms with Crippen LogP contribution in [0.15, 0.2) is 0 Å². The minimum absolute atomic E-state index is 0. The molecule has 4 heterocycles. The van der Waals surface area contributed by atoms with Crippen molar-refractivity contribution in [2.75, 3.05) is 31.2 Å². The average molecular weight is 276 g/mol. The van der Waals surface area contributed by atoms with Gasteiger partial charge in [0.15, 0.2) is 11.3 Å². The van der Waals surface area contributed by atoms with Gasteiger partial charge in [-0.15, -0.1) is 5.10 Å². The average Bonchev–Trinajstić information content (AvgIpc) is 2.71. The smallest absolute Gasteiger partial charge is 0.207 e. The molecule has 0 amide bonds. The van der Waals surface area contributed by atoms with Crippen LogP contribution in [0.2, 0.25) is 0 Å². The fourth-order valence-electron chi connectivity index (χ4n) is 2.77. The van der Waals surface area contributed by atoms with Gasteiger partial charge in [0, 0.05) is 19.9 Å². The van der Waals surface area contributed by atoms with E-state index in [0.717, 1.165) is 43.5 Å². The maximum atomic E-state index is 5.32. The Morgan fingerprint density at radius 2 is 1.95 bits per heavy atom. The highest BCUT2D eigenvalue weighted by Crippen LogP contribution is 2.41. The maximum absolute atomic E-state index is 5.32. The Hall–Kier alpha value is -1.76. The molecule has 1 N–H and O–H groups in total. The summed E-state index contributed by atoms with van der Waals surface area (Å²) in [6.45, 7) is 10.0. The van der Waals surface area contributed by atoms with E-state index in [1.165, 1.54) is 0 Å². The summed E-state index contributed by atoms with van der Waals surface area (Å²) < 4.78 is 5.32. The summed E-state index contributed by atoms with van der Waals surface area (Å²) in [5, 5.41) is 11.0. The van der Waals surface area contributed by atoms with Crippen LogP contribution in [0.3, 0.4) is 0 Å². The van der Waals surface area contributed by atoms with Crippen molar-refractivity contribution in [1.29, 1.82) is 0 Å². The van der Waals surface area contributed by atoms with E-state index in [1.54, 1.807) is 0 Å². The molecule has 2 aliphatic heterocycles. The van der Waals surface area contributed by atoms with E-state index >= 15 is 0 Å². The zero-order valence-corrected chi connectivity index (χ0v) is 12.0. The summed E-state index contributed by atoms with van der Waals surface area (Å²) in [6, 6.07) is 0. The number of ether oxygens (including phenoxy) is 1. The SMILES string of the molecule is CC(C)(C)c1nc(N2CC3(COC3)C2)c2n[nH]nc2n1.[HH]. The number of hydrogen-bond donors (Lipinski definition) is 1. The standard InChI is InChI=1S/C13H18N6O.H2/c1-12(2,3)11-14-9-8(16-18-17-9)10(15-11)19-4-13(5-19)6-20-7-13;/h4-7H2,1-3H3,(H,14,15,16,17,18);1H. The van der Waals surface area contributed by atoms with Gasteiger partial charge in [0.25, 0.3) is 0 Å². The van der Waals surface area contributed by atoms with Gasteiger partial charge in [-0.05, 0) is 0 Å². The molecule has 0 atom stereocenters. The van der Waals surface area contributed by atoms with Crippen molar-refractivity contribution >= 4 is 17.0 Å². The predicted molar refractivity (Wildman–Crippen MR) is 75.8 cm³/mol. The number of anilines is 1. The highest BCUT2D eigenvalue weighted by Gasteiger charge is 2.50. The topological polar surface area (TPSA) is 79.8 Å². The molecule has 1 spiro atoms. The van der Waals surface area contributed by atoms with Gasteiger partial charge < -0.3 is 9.64 Å². The van der Waals surface area contributed by atoms with Crippen LogP contribution >= 0.6 is 0 Å². The van der Waals surface area contributed by atoms with Gasteiger partial charge in [-0.1, -0.05) is 20.8 Å². The quantitative estimate of drug-likeness (QED) is 0.841. The van der Waals surface area contributed by atoms with Gasteiger partial charge in [-0.2, -0.15) is 10.3 Å². The number of H-pyrrole nitrogens is 1. The van der Waals surface area contributed by atoms with Crippen molar-refractivity contribution in [2.24, 2.45) is 5.41 Å². The number of fused-ring (bicyclic) bond motifs is 1. The number of nitrogens with one attached hydrogen (secondary N) is 1. The number of nitrogens with zero attached hydrogens (tertiary/aromatic N) is 5. The number of aromatic nitrogens is 5. The monoisotopic (exact) mass is 276 g/mol. The van der Waals surface area contributed by atoms with E-state index in [1.807, 2.05) is 0 Å². The molecule has 0 saturated carbocycles. The van der Waals surface area contributed by atoms with Crippen molar-refractivity contribution in [3.05, 3.63) is 5.82 Å². The van der Waals surface area contributed by atoms with E-state index in [9.17, 15) is 0 Å². The second kappa shape index (κ2) is 3.66. The number of aromatic amines is 1. The highest BCUT2D eigenvalue weighted by molar-refractivity contribution is 5.83. The fraction of sp³-hybridized carbons (Fsp3) is 0.692. The Kier molecular flexibility index (Phi) is 2.20. The molecule has 2 fully saturated rings. The molecule has 7 heteroatoms. The van der Waals surface area contributed by atoms with Gasteiger partial charge in [0.2, 0.25) is 5.65 Å². The molecule has 0 aliphatic carbocycles.